The van der Waals surface area contributed by atoms with E-state index in [0.29, 0.717) is 11.1 Å². The highest BCUT2D eigenvalue weighted by Gasteiger charge is 2.18. The van der Waals surface area contributed by atoms with Crippen LogP contribution in [0.4, 0.5) is 34.1 Å². The molecule has 0 spiro atoms. The molecule has 67 heavy (non-hydrogen) atoms. The first-order valence-electron chi connectivity index (χ1n) is 22.3. The zero-order chi connectivity index (χ0) is 45.1. The van der Waals surface area contributed by atoms with E-state index in [2.05, 4.69) is 233 Å². The van der Waals surface area contributed by atoms with Gasteiger partial charge in [-0.25, -0.2) is 0 Å². The van der Waals surface area contributed by atoms with E-state index in [9.17, 15) is 10.5 Å². The monoisotopic (exact) mass is 855 g/mol. The van der Waals surface area contributed by atoms with Gasteiger partial charge >= 0.3 is 0 Å². The van der Waals surface area contributed by atoms with E-state index in [1.54, 1.807) is 12.1 Å². The van der Waals surface area contributed by atoms with Crippen LogP contribution in [0.2, 0.25) is 0 Å². The number of hydrogen-bond acceptors (Lipinski definition) is 4. The van der Waals surface area contributed by atoms with Crippen LogP contribution >= 0.6 is 0 Å². The Kier molecular flexibility index (Phi) is 10.6. The van der Waals surface area contributed by atoms with Crippen LogP contribution in [0.15, 0.2) is 249 Å². The molecule has 0 radical (unpaired) electrons. The van der Waals surface area contributed by atoms with Crippen molar-refractivity contribution < 1.29 is 0 Å². The molecule has 0 fully saturated rings. The summed E-state index contributed by atoms with van der Waals surface area (Å²) in [6.45, 7) is 0. The minimum atomic E-state index is 0.372. The second kappa shape index (κ2) is 17.6. The van der Waals surface area contributed by atoms with Gasteiger partial charge in [0.2, 0.25) is 0 Å². The van der Waals surface area contributed by atoms with Crippen molar-refractivity contribution in [2.24, 2.45) is 0 Å². The van der Waals surface area contributed by atoms with Crippen molar-refractivity contribution in [1.82, 2.24) is 4.57 Å². The lowest BCUT2D eigenvalue weighted by Crippen LogP contribution is -2.09. The molecule has 5 nitrogen and oxygen atoms in total. The van der Waals surface area contributed by atoms with E-state index in [0.717, 1.165) is 95.0 Å². The third-order valence-corrected chi connectivity index (χ3v) is 12.5. The van der Waals surface area contributed by atoms with Crippen molar-refractivity contribution >= 4 is 55.9 Å². The first-order chi connectivity index (χ1) is 33.1. The molecule has 0 N–H and O–H groups in total. The van der Waals surface area contributed by atoms with E-state index in [1.165, 1.54) is 0 Å². The molecule has 10 aromatic carbocycles. The third-order valence-electron chi connectivity index (χ3n) is 12.5. The number of nitrogens with zero attached hydrogens (tertiary/aromatic N) is 5. The van der Waals surface area contributed by atoms with Crippen LogP contribution in [0.5, 0.6) is 0 Å². The molecular formula is C62H41N5. The lowest BCUT2D eigenvalue weighted by molar-refractivity contribution is 1.18. The van der Waals surface area contributed by atoms with E-state index >= 15 is 0 Å². The van der Waals surface area contributed by atoms with Gasteiger partial charge in [0.1, 0.15) is 12.1 Å². The average molecular weight is 856 g/mol. The fourth-order valence-corrected chi connectivity index (χ4v) is 9.19. The summed E-state index contributed by atoms with van der Waals surface area (Å²) in [5.41, 5.74) is 16.9. The fourth-order valence-electron chi connectivity index (χ4n) is 9.19. The van der Waals surface area contributed by atoms with Crippen LogP contribution in [0.1, 0.15) is 11.1 Å². The quantitative estimate of drug-likeness (QED) is 0.137. The molecule has 0 aliphatic carbocycles. The Morgan fingerprint density at radius 2 is 0.597 bits per heavy atom. The Hall–Kier alpha value is -9.42. The second-order valence-corrected chi connectivity index (χ2v) is 16.4. The topological polar surface area (TPSA) is 59.0 Å². The minimum Gasteiger partial charge on any atom is -0.311 e. The van der Waals surface area contributed by atoms with Crippen molar-refractivity contribution in [3.05, 3.63) is 260 Å². The van der Waals surface area contributed by atoms with Crippen LogP contribution in [0, 0.1) is 22.7 Å². The number of anilines is 6. The Morgan fingerprint density at radius 3 is 0.970 bits per heavy atom. The Morgan fingerprint density at radius 1 is 0.284 bits per heavy atom. The number of hydrogen-bond donors (Lipinski definition) is 0. The summed E-state index contributed by atoms with van der Waals surface area (Å²) >= 11 is 0. The zero-order valence-corrected chi connectivity index (χ0v) is 36.4. The van der Waals surface area contributed by atoms with Crippen molar-refractivity contribution in [3.63, 3.8) is 0 Å². The standard InChI is InChI=1S/C62H41N5/c63-42-50-22-21-47(39-51(50)43-64)44-27-35-58(36-28-44)67-61-37-29-48(45-23-31-56(32-24-45)65(52-13-5-1-6-14-52)53-15-7-2-8-16-53)40-59(61)60-41-49(30-38-62(60)67)46-25-33-57(34-26-46)66(54-17-9-3-10-18-54)55-19-11-4-12-20-55/h1-41H. The van der Waals surface area contributed by atoms with Gasteiger partial charge in [0.15, 0.2) is 0 Å². The van der Waals surface area contributed by atoms with Crippen molar-refractivity contribution in [2.45, 2.75) is 0 Å². The van der Waals surface area contributed by atoms with Gasteiger partial charge in [-0.05, 0) is 155 Å². The molecule has 0 saturated heterocycles. The van der Waals surface area contributed by atoms with E-state index in [1.807, 2.05) is 30.3 Å². The molecule has 1 heterocycles. The summed E-state index contributed by atoms with van der Waals surface area (Å²) < 4.78 is 2.34. The normalized spacial score (nSPS) is 11.0. The highest BCUT2D eigenvalue weighted by Crippen LogP contribution is 2.41. The van der Waals surface area contributed by atoms with Gasteiger partial charge in [-0.3, -0.25) is 0 Å². The minimum absolute atomic E-state index is 0.372. The van der Waals surface area contributed by atoms with Gasteiger partial charge in [-0.1, -0.05) is 127 Å². The Labute approximate surface area is 390 Å². The summed E-state index contributed by atoms with van der Waals surface area (Å²) in [6.07, 6.45) is 0. The molecule has 314 valence electrons. The van der Waals surface area contributed by atoms with E-state index in [-0.39, 0.29) is 0 Å². The van der Waals surface area contributed by atoms with Crippen LogP contribution in [-0.2, 0) is 0 Å². The predicted molar refractivity (Wildman–Crippen MR) is 276 cm³/mol. The number of aromatic nitrogens is 1. The molecule has 0 unspecified atom stereocenters. The molecule has 0 saturated carbocycles. The van der Waals surface area contributed by atoms with Crippen LogP contribution in [-0.4, -0.2) is 4.57 Å². The van der Waals surface area contributed by atoms with E-state index < -0.39 is 0 Å². The lowest BCUT2D eigenvalue weighted by atomic mass is 9.99. The molecule has 0 aliphatic rings. The molecule has 1 aromatic heterocycles. The van der Waals surface area contributed by atoms with Gasteiger partial charge < -0.3 is 14.4 Å². The van der Waals surface area contributed by atoms with E-state index in [4.69, 9.17) is 0 Å². The van der Waals surface area contributed by atoms with Crippen LogP contribution in [0.25, 0.3) is 60.9 Å². The maximum absolute atomic E-state index is 9.71. The molecule has 11 rings (SSSR count). The maximum atomic E-state index is 9.71. The zero-order valence-electron chi connectivity index (χ0n) is 36.4. The van der Waals surface area contributed by atoms with Gasteiger partial charge in [-0.2, -0.15) is 10.5 Å². The maximum Gasteiger partial charge on any atom is 0.101 e. The molecule has 11 aromatic rings. The lowest BCUT2D eigenvalue weighted by Gasteiger charge is -2.25. The number of rotatable bonds is 10. The number of fused-ring (bicyclic) bond motifs is 3. The highest BCUT2D eigenvalue weighted by molar-refractivity contribution is 6.11. The molecule has 0 atom stereocenters. The second-order valence-electron chi connectivity index (χ2n) is 16.4. The summed E-state index contributed by atoms with van der Waals surface area (Å²) in [7, 11) is 0. The fraction of sp³-hybridized carbons (Fsp3) is 0. The average Bonchev–Trinajstić information content (AvgIpc) is 3.73. The SMILES string of the molecule is N#Cc1ccc(-c2ccc(-n3c4ccc(-c5ccc(N(c6ccccc6)c6ccccc6)cc5)cc4c4cc(-c5ccc(N(c6ccccc6)c6ccccc6)cc5)ccc43)cc2)cc1C#N. The molecule has 0 bridgehead atoms. The number of para-hydroxylation sites is 4. The van der Waals surface area contributed by atoms with Gasteiger partial charge in [-0.15, -0.1) is 0 Å². The van der Waals surface area contributed by atoms with Crippen LogP contribution < -0.4 is 9.80 Å². The Balaban J connectivity index is 1.01. The molecular weight excluding hydrogens is 815 g/mol. The summed E-state index contributed by atoms with van der Waals surface area (Å²) in [6, 6.07) is 91.3. The number of benzene rings is 10. The first-order valence-corrected chi connectivity index (χ1v) is 22.3. The Bertz CT molecular complexity index is 3350. The smallest absolute Gasteiger partial charge is 0.101 e. The van der Waals surface area contributed by atoms with Crippen molar-refractivity contribution in [1.29, 1.82) is 10.5 Å². The molecule has 0 aliphatic heterocycles. The molecule has 5 heteroatoms. The van der Waals surface area contributed by atoms with Gasteiger partial charge in [0.05, 0.1) is 22.2 Å². The largest absolute Gasteiger partial charge is 0.311 e. The summed E-state index contributed by atoms with van der Waals surface area (Å²) in [5.74, 6) is 0. The summed E-state index contributed by atoms with van der Waals surface area (Å²) in [5, 5.41) is 21.5. The van der Waals surface area contributed by atoms with Gasteiger partial charge in [0, 0.05) is 50.6 Å². The van der Waals surface area contributed by atoms with Crippen molar-refractivity contribution in [3.8, 4) is 51.2 Å². The molecule has 0 amide bonds. The summed E-state index contributed by atoms with van der Waals surface area (Å²) in [4.78, 5) is 4.56. The van der Waals surface area contributed by atoms with Crippen LogP contribution in [0.3, 0.4) is 0 Å². The van der Waals surface area contributed by atoms with Gasteiger partial charge in [0.25, 0.3) is 0 Å². The number of nitriles is 2. The van der Waals surface area contributed by atoms with Crippen molar-refractivity contribution in [2.75, 3.05) is 9.80 Å². The first kappa shape index (κ1) is 40.4. The highest BCUT2D eigenvalue weighted by atomic mass is 15.1. The predicted octanol–water partition coefficient (Wildman–Crippen LogP) is 16.5. The third kappa shape index (κ3) is 7.74.